The minimum absolute atomic E-state index is 0. The molecule has 2 heterocycles. The zero-order valence-corrected chi connectivity index (χ0v) is 20.2. The van der Waals surface area contributed by atoms with Gasteiger partial charge in [-0.05, 0) is 56.3 Å². The number of benzene rings is 1. The second-order valence-electron chi connectivity index (χ2n) is 6.54. The Kier molecular flexibility index (Phi) is 8.11. The van der Waals surface area contributed by atoms with Crippen molar-refractivity contribution in [3.63, 3.8) is 0 Å². The predicted octanol–water partition coefficient (Wildman–Crippen LogP) is -1.37. The standard InChI is InChI=1S/C18H22N2O6S2.Na/c1-3-19-17(21)16(26-18(19)27)12(2)11-15-20(9-6-10-28(22,23)24)13-7-4-5-8-14(13)25-15;/h4-5,7-8,11,15-16H,3,6,9-10H2,1-2H3,(H,22,23,24);/q;+1/p-1/b12-11+;. The average Bonchev–Trinajstić information content (AvgIpc) is 3.11. The van der Waals surface area contributed by atoms with Crippen LogP contribution in [0.3, 0.4) is 0 Å². The van der Waals surface area contributed by atoms with Gasteiger partial charge in [-0.25, -0.2) is 8.42 Å². The van der Waals surface area contributed by atoms with E-state index in [0.29, 0.717) is 24.4 Å². The minimum Gasteiger partial charge on any atom is -0.748 e. The summed E-state index contributed by atoms with van der Waals surface area (Å²) in [5.41, 5.74) is 1.44. The molecule has 0 spiro atoms. The largest absolute Gasteiger partial charge is 1.00 e. The van der Waals surface area contributed by atoms with Crippen LogP contribution in [0.2, 0.25) is 0 Å². The van der Waals surface area contributed by atoms with Gasteiger partial charge in [0.1, 0.15) is 5.75 Å². The Morgan fingerprint density at radius 3 is 2.62 bits per heavy atom. The number of rotatable bonds is 7. The monoisotopic (exact) mass is 448 g/mol. The maximum atomic E-state index is 12.5. The zero-order valence-electron chi connectivity index (χ0n) is 16.5. The zero-order chi connectivity index (χ0) is 20.5. The number of likely N-dealkylation sites (N-methyl/N-ethyl adjacent to an activating group) is 1. The summed E-state index contributed by atoms with van der Waals surface area (Å²) >= 11 is 5.10. The third-order valence-electron chi connectivity index (χ3n) is 4.59. The second-order valence-corrected chi connectivity index (χ2v) is 8.41. The molecule has 2 atom stereocenters. The van der Waals surface area contributed by atoms with Gasteiger partial charge in [0, 0.05) is 18.8 Å². The number of hydrogen-bond donors (Lipinski definition) is 0. The topological polar surface area (TPSA) is 99.2 Å². The maximum absolute atomic E-state index is 12.5. The van der Waals surface area contributed by atoms with Gasteiger partial charge in [0.2, 0.25) is 6.10 Å². The third kappa shape index (κ3) is 5.50. The smallest absolute Gasteiger partial charge is 0.748 e. The minimum atomic E-state index is -4.29. The van der Waals surface area contributed by atoms with Crippen LogP contribution in [0.15, 0.2) is 35.9 Å². The molecule has 3 rings (SSSR count). The Bertz CT molecular complexity index is 921. The van der Waals surface area contributed by atoms with Crippen LogP contribution in [0.4, 0.5) is 5.69 Å². The van der Waals surface area contributed by atoms with E-state index in [1.165, 1.54) is 4.90 Å². The number of nitrogens with zero attached hydrogens (tertiary/aromatic N) is 2. The summed E-state index contributed by atoms with van der Waals surface area (Å²) in [6, 6.07) is 7.34. The molecule has 0 bridgehead atoms. The van der Waals surface area contributed by atoms with Gasteiger partial charge < -0.3 is 18.9 Å². The average molecular weight is 448 g/mol. The number of thiocarbonyl (C=S) groups is 1. The van der Waals surface area contributed by atoms with Gasteiger partial charge in [-0.2, -0.15) is 0 Å². The van der Waals surface area contributed by atoms with Gasteiger partial charge in [0.05, 0.1) is 15.8 Å². The molecule has 1 aromatic rings. The number of anilines is 1. The van der Waals surface area contributed by atoms with Crippen molar-refractivity contribution in [2.24, 2.45) is 0 Å². The quantitative estimate of drug-likeness (QED) is 0.218. The van der Waals surface area contributed by atoms with E-state index in [4.69, 9.17) is 21.7 Å². The number of hydrogen-bond acceptors (Lipinski definition) is 8. The molecule has 0 radical (unpaired) electrons. The van der Waals surface area contributed by atoms with Crippen LogP contribution < -0.4 is 39.2 Å². The maximum Gasteiger partial charge on any atom is 1.00 e. The number of fused-ring (bicyclic) bond motifs is 1. The van der Waals surface area contributed by atoms with E-state index in [1.54, 1.807) is 19.1 Å². The van der Waals surface area contributed by atoms with Gasteiger partial charge in [0.25, 0.3) is 11.1 Å². The van der Waals surface area contributed by atoms with E-state index in [9.17, 15) is 17.8 Å². The molecule has 8 nitrogen and oxygen atoms in total. The summed E-state index contributed by atoms with van der Waals surface area (Å²) in [7, 11) is -4.29. The Morgan fingerprint density at radius 1 is 1.31 bits per heavy atom. The molecule has 1 saturated heterocycles. The van der Waals surface area contributed by atoms with Crippen LogP contribution >= 0.6 is 12.2 Å². The van der Waals surface area contributed by atoms with E-state index < -0.39 is 28.2 Å². The third-order valence-corrected chi connectivity index (χ3v) is 5.69. The molecule has 0 N–H and O–H groups in total. The molecule has 152 valence electrons. The number of ether oxygens (including phenoxy) is 2. The van der Waals surface area contributed by atoms with Crippen LogP contribution in [0, 0.1) is 0 Å². The molecule has 0 aromatic heterocycles. The second kappa shape index (κ2) is 9.76. The van der Waals surface area contributed by atoms with E-state index in [0.717, 1.165) is 5.69 Å². The van der Waals surface area contributed by atoms with Crippen molar-refractivity contribution in [1.82, 2.24) is 4.90 Å². The van der Waals surface area contributed by atoms with Gasteiger partial charge >= 0.3 is 29.6 Å². The molecule has 11 heteroatoms. The fourth-order valence-corrected chi connectivity index (χ4v) is 4.04. The van der Waals surface area contributed by atoms with Crippen molar-refractivity contribution in [1.29, 1.82) is 0 Å². The van der Waals surface area contributed by atoms with Gasteiger partial charge in [-0.15, -0.1) is 0 Å². The van der Waals surface area contributed by atoms with Gasteiger partial charge in [-0.1, -0.05) is 12.1 Å². The molecular formula is C18H21N2NaO6S2. The number of carbonyl (C=O) groups excluding carboxylic acids is 1. The summed E-state index contributed by atoms with van der Waals surface area (Å²) in [5.74, 6) is -0.0305. The van der Waals surface area contributed by atoms with Crippen molar-refractivity contribution >= 4 is 39.1 Å². The van der Waals surface area contributed by atoms with E-state index >= 15 is 0 Å². The number of para-hydroxylation sites is 2. The van der Waals surface area contributed by atoms with Crippen LogP contribution in [-0.2, 0) is 19.6 Å². The van der Waals surface area contributed by atoms with Gasteiger partial charge in [-0.3, -0.25) is 9.69 Å². The normalized spacial score (nSPS) is 21.6. The van der Waals surface area contributed by atoms with E-state index in [1.807, 2.05) is 30.0 Å². The first kappa shape index (κ1) is 24.1. The molecule has 29 heavy (non-hydrogen) atoms. The van der Waals surface area contributed by atoms with Gasteiger partial charge in [0.15, 0.2) is 6.23 Å². The van der Waals surface area contributed by atoms with Crippen molar-refractivity contribution < 1.29 is 56.8 Å². The van der Waals surface area contributed by atoms with E-state index in [2.05, 4.69) is 0 Å². The summed E-state index contributed by atoms with van der Waals surface area (Å²) in [6.45, 7) is 4.32. The fourth-order valence-electron chi connectivity index (χ4n) is 3.24. The molecular weight excluding hydrogens is 427 g/mol. The van der Waals surface area contributed by atoms with E-state index in [-0.39, 0.29) is 47.1 Å². The first-order valence-electron chi connectivity index (χ1n) is 8.87. The van der Waals surface area contributed by atoms with Crippen LogP contribution in [0.1, 0.15) is 20.3 Å². The molecule has 1 fully saturated rings. The number of amides is 1. The van der Waals surface area contributed by atoms with Crippen molar-refractivity contribution in [2.45, 2.75) is 32.6 Å². The summed E-state index contributed by atoms with van der Waals surface area (Å²) in [5, 5.41) is 0.151. The molecule has 0 aliphatic carbocycles. The Balaban J connectivity index is 0.00000300. The predicted molar refractivity (Wildman–Crippen MR) is 106 cm³/mol. The summed E-state index contributed by atoms with van der Waals surface area (Å²) in [6.07, 6.45) is 0.575. The SMILES string of the molecule is CCN1C(=O)C(/C(C)=C/C2Oc3ccccc3N2CCCS(=O)(=O)[O-])OC1=S.[Na+]. The number of carbonyl (C=O) groups is 1. The Morgan fingerprint density at radius 2 is 2.00 bits per heavy atom. The first-order chi connectivity index (χ1) is 13.2. The molecule has 1 amide bonds. The summed E-state index contributed by atoms with van der Waals surface area (Å²) in [4.78, 5) is 15.7. The fraction of sp³-hybridized carbons (Fsp3) is 0.444. The first-order valence-corrected chi connectivity index (χ1v) is 10.9. The van der Waals surface area contributed by atoms with Crippen LogP contribution in [0.5, 0.6) is 5.75 Å². The van der Waals surface area contributed by atoms with Crippen LogP contribution in [-0.4, -0.2) is 60.1 Å². The molecule has 2 aliphatic rings. The molecule has 0 saturated carbocycles. The van der Waals surface area contributed by atoms with Crippen molar-refractivity contribution in [3.8, 4) is 5.75 Å². The van der Waals surface area contributed by atoms with Crippen molar-refractivity contribution in [2.75, 3.05) is 23.7 Å². The van der Waals surface area contributed by atoms with Crippen molar-refractivity contribution in [3.05, 3.63) is 35.9 Å². The molecule has 2 aliphatic heterocycles. The Labute approximate surface area is 197 Å². The summed E-state index contributed by atoms with van der Waals surface area (Å²) < 4.78 is 44.3. The Hall–Kier alpha value is -1.17. The molecule has 2 unspecified atom stereocenters. The molecule has 1 aromatic carbocycles. The van der Waals surface area contributed by atoms with Crippen LogP contribution in [0.25, 0.3) is 0 Å².